The van der Waals surface area contributed by atoms with Gasteiger partial charge in [-0.2, -0.15) is 0 Å². The molecule has 5 heteroatoms. The molecule has 1 fully saturated rings. The van der Waals surface area contributed by atoms with Gasteiger partial charge in [-0.05, 0) is 18.8 Å². The standard InChI is InChI=1S/C14H19N3O2/c1-16-12-10(13(18)17(2)14(16)19)8-11(15-12)9-6-4-3-5-7-9/h9H,3-8H2,1-2H3. The molecule has 1 aliphatic carbocycles. The van der Waals surface area contributed by atoms with E-state index in [0.29, 0.717) is 23.7 Å². The summed E-state index contributed by atoms with van der Waals surface area (Å²) in [5.41, 5.74) is 1.31. The minimum Gasteiger partial charge on any atom is -0.281 e. The second-order valence-electron chi connectivity index (χ2n) is 5.62. The van der Waals surface area contributed by atoms with Crippen molar-refractivity contribution in [1.29, 1.82) is 0 Å². The Kier molecular flexibility index (Phi) is 2.92. The molecule has 0 atom stereocenters. The summed E-state index contributed by atoms with van der Waals surface area (Å²) in [5, 5.41) is 0. The van der Waals surface area contributed by atoms with Crippen LogP contribution in [-0.4, -0.2) is 14.8 Å². The summed E-state index contributed by atoms with van der Waals surface area (Å²) in [6.07, 6.45) is 6.76. The number of fused-ring (bicyclic) bond motifs is 1. The molecule has 0 spiro atoms. The summed E-state index contributed by atoms with van der Waals surface area (Å²) < 4.78 is 2.67. The SMILES string of the molecule is Cn1c2c(c(=O)n(C)c1=O)CC(C1CCCCC1)=N2. The fourth-order valence-electron chi connectivity index (χ4n) is 3.23. The van der Waals surface area contributed by atoms with Crippen LogP contribution in [0.4, 0.5) is 5.82 Å². The van der Waals surface area contributed by atoms with Gasteiger partial charge in [0.05, 0.1) is 5.56 Å². The molecule has 0 aromatic carbocycles. The van der Waals surface area contributed by atoms with Gasteiger partial charge in [0.15, 0.2) is 0 Å². The van der Waals surface area contributed by atoms with E-state index in [1.165, 1.54) is 48.3 Å². The van der Waals surface area contributed by atoms with E-state index in [0.717, 1.165) is 5.71 Å². The molecule has 5 nitrogen and oxygen atoms in total. The average Bonchev–Trinajstić information content (AvgIpc) is 2.89. The molecule has 19 heavy (non-hydrogen) atoms. The Hall–Kier alpha value is -1.65. The molecule has 0 radical (unpaired) electrons. The van der Waals surface area contributed by atoms with Crippen molar-refractivity contribution in [3.8, 4) is 0 Å². The van der Waals surface area contributed by atoms with E-state index in [1.807, 2.05) is 0 Å². The minimum absolute atomic E-state index is 0.187. The van der Waals surface area contributed by atoms with E-state index >= 15 is 0 Å². The van der Waals surface area contributed by atoms with Gasteiger partial charge in [0.2, 0.25) is 0 Å². The number of hydrogen-bond acceptors (Lipinski definition) is 3. The molecule has 0 amide bonds. The van der Waals surface area contributed by atoms with Gasteiger partial charge in [-0.15, -0.1) is 0 Å². The van der Waals surface area contributed by atoms with Crippen LogP contribution in [0, 0.1) is 5.92 Å². The quantitative estimate of drug-likeness (QED) is 0.765. The second kappa shape index (κ2) is 4.47. The molecular weight excluding hydrogens is 242 g/mol. The van der Waals surface area contributed by atoms with Gasteiger partial charge in [0, 0.05) is 26.2 Å². The van der Waals surface area contributed by atoms with Gasteiger partial charge in [-0.25, -0.2) is 9.79 Å². The molecule has 1 saturated carbocycles. The third-order valence-corrected chi connectivity index (χ3v) is 4.41. The lowest BCUT2D eigenvalue weighted by Crippen LogP contribution is -2.38. The molecule has 1 aliphatic heterocycles. The highest BCUT2D eigenvalue weighted by atomic mass is 16.2. The fraction of sp³-hybridized carbons (Fsp3) is 0.643. The number of nitrogens with zero attached hydrogens (tertiary/aromatic N) is 3. The molecule has 0 unspecified atom stereocenters. The summed E-state index contributed by atoms with van der Waals surface area (Å²) in [5.74, 6) is 1.08. The Morgan fingerprint density at radius 3 is 2.42 bits per heavy atom. The first-order chi connectivity index (χ1) is 9.09. The third kappa shape index (κ3) is 1.88. The highest BCUT2D eigenvalue weighted by Gasteiger charge is 2.28. The van der Waals surface area contributed by atoms with Crippen molar-refractivity contribution in [2.75, 3.05) is 0 Å². The first kappa shape index (κ1) is 12.4. The molecular formula is C14H19N3O2. The van der Waals surface area contributed by atoms with E-state index in [4.69, 9.17) is 0 Å². The Morgan fingerprint density at radius 2 is 1.74 bits per heavy atom. The Balaban J connectivity index is 2.04. The topological polar surface area (TPSA) is 56.4 Å². The van der Waals surface area contributed by atoms with Crippen molar-refractivity contribution in [1.82, 2.24) is 9.13 Å². The lowest BCUT2D eigenvalue weighted by molar-refractivity contribution is 0.437. The van der Waals surface area contributed by atoms with Gasteiger partial charge in [-0.3, -0.25) is 13.9 Å². The molecule has 102 valence electrons. The van der Waals surface area contributed by atoms with E-state index in [-0.39, 0.29) is 11.2 Å². The molecule has 1 aromatic rings. The van der Waals surface area contributed by atoms with Gasteiger partial charge in [0.25, 0.3) is 5.56 Å². The third-order valence-electron chi connectivity index (χ3n) is 4.41. The smallest absolute Gasteiger partial charge is 0.281 e. The van der Waals surface area contributed by atoms with E-state index in [9.17, 15) is 9.59 Å². The zero-order valence-corrected chi connectivity index (χ0v) is 11.5. The maximum Gasteiger partial charge on any atom is 0.332 e. The van der Waals surface area contributed by atoms with Gasteiger partial charge >= 0.3 is 5.69 Å². The summed E-state index contributed by atoms with van der Waals surface area (Å²) in [4.78, 5) is 28.6. The first-order valence-electron chi connectivity index (χ1n) is 6.96. The van der Waals surface area contributed by atoms with Crippen LogP contribution in [0.25, 0.3) is 0 Å². The van der Waals surface area contributed by atoms with Crippen LogP contribution in [-0.2, 0) is 20.5 Å². The van der Waals surface area contributed by atoms with Gasteiger partial charge < -0.3 is 0 Å². The number of rotatable bonds is 1. The molecule has 2 aliphatic rings. The maximum atomic E-state index is 12.1. The Morgan fingerprint density at radius 1 is 1.05 bits per heavy atom. The van der Waals surface area contributed by atoms with Crippen molar-refractivity contribution < 1.29 is 0 Å². The Labute approximate surface area is 111 Å². The highest BCUT2D eigenvalue weighted by molar-refractivity contribution is 5.94. The first-order valence-corrected chi connectivity index (χ1v) is 6.96. The molecule has 0 N–H and O–H groups in total. The normalized spacial score (nSPS) is 19.4. The average molecular weight is 261 g/mol. The second-order valence-corrected chi connectivity index (χ2v) is 5.62. The molecule has 3 rings (SSSR count). The predicted octanol–water partition coefficient (Wildman–Crippen LogP) is 1.29. The van der Waals surface area contributed by atoms with E-state index in [2.05, 4.69) is 4.99 Å². The van der Waals surface area contributed by atoms with Crippen LogP contribution >= 0.6 is 0 Å². The van der Waals surface area contributed by atoms with Crippen LogP contribution < -0.4 is 11.2 Å². The zero-order chi connectivity index (χ0) is 13.6. The van der Waals surface area contributed by atoms with Crippen molar-refractivity contribution in [2.24, 2.45) is 25.0 Å². The summed E-state index contributed by atoms with van der Waals surface area (Å²) >= 11 is 0. The van der Waals surface area contributed by atoms with Crippen LogP contribution in [0.3, 0.4) is 0 Å². The van der Waals surface area contributed by atoms with Crippen molar-refractivity contribution in [3.05, 3.63) is 26.4 Å². The van der Waals surface area contributed by atoms with Crippen molar-refractivity contribution in [2.45, 2.75) is 38.5 Å². The molecule has 0 bridgehead atoms. The highest BCUT2D eigenvalue weighted by Crippen LogP contribution is 2.31. The lowest BCUT2D eigenvalue weighted by Gasteiger charge is -2.21. The number of aliphatic imine (C=N–C) groups is 1. The number of hydrogen-bond donors (Lipinski definition) is 0. The monoisotopic (exact) mass is 261 g/mol. The fourth-order valence-corrected chi connectivity index (χ4v) is 3.23. The van der Waals surface area contributed by atoms with E-state index in [1.54, 1.807) is 7.05 Å². The molecule has 1 aromatic heterocycles. The van der Waals surface area contributed by atoms with Crippen molar-refractivity contribution in [3.63, 3.8) is 0 Å². The summed E-state index contributed by atoms with van der Waals surface area (Å²) in [6.45, 7) is 0. The van der Waals surface area contributed by atoms with Gasteiger partial charge in [-0.1, -0.05) is 19.3 Å². The van der Waals surface area contributed by atoms with Crippen LogP contribution in [0.1, 0.15) is 37.7 Å². The van der Waals surface area contributed by atoms with E-state index < -0.39 is 0 Å². The summed E-state index contributed by atoms with van der Waals surface area (Å²) in [7, 11) is 3.22. The van der Waals surface area contributed by atoms with Crippen LogP contribution in [0.5, 0.6) is 0 Å². The van der Waals surface area contributed by atoms with Gasteiger partial charge in [0.1, 0.15) is 5.82 Å². The Bertz CT molecular complexity index is 660. The number of aromatic nitrogens is 2. The minimum atomic E-state index is -0.294. The van der Waals surface area contributed by atoms with Crippen molar-refractivity contribution >= 4 is 11.5 Å². The molecule has 0 saturated heterocycles. The lowest BCUT2D eigenvalue weighted by atomic mass is 9.84. The zero-order valence-electron chi connectivity index (χ0n) is 11.5. The van der Waals surface area contributed by atoms with Crippen LogP contribution in [0.15, 0.2) is 14.6 Å². The largest absolute Gasteiger partial charge is 0.332 e. The molecule has 2 heterocycles. The van der Waals surface area contributed by atoms with Crippen LogP contribution in [0.2, 0.25) is 0 Å². The summed E-state index contributed by atoms with van der Waals surface area (Å²) in [6, 6.07) is 0. The maximum absolute atomic E-state index is 12.1. The predicted molar refractivity (Wildman–Crippen MR) is 74.3 cm³/mol.